The Kier molecular flexibility index (Phi) is 5.28. The number of para-hydroxylation sites is 1. The molecule has 110 valence electrons. The van der Waals surface area contributed by atoms with E-state index in [4.69, 9.17) is 18.0 Å². The standard InChI is InChI=1S/C17H19FN2S/c1-2-3-11-20(14-7-5-4-6-8-14)16-10-9-13(18)12-15(16)17(19)21/h4-10,12H,2-3,11H2,1H3,(H2,19,21). The van der Waals surface area contributed by atoms with Crippen LogP contribution in [0.25, 0.3) is 0 Å². The topological polar surface area (TPSA) is 29.3 Å². The molecule has 0 unspecified atom stereocenters. The summed E-state index contributed by atoms with van der Waals surface area (Å²) in [6, 6.07) is 14.6. The number of thiocarbonyl (C=S) groups is 1. The van der Waals surface area contributed by atoms with Crippen LogP contribution in [0.1, 0.15) is 25.3 Å². The van der Waals surface area contributed by atoms with Crippen LogP contribution < -0.4 is 10.6 Å². The van der Waals surface area contributed by atoms with Crippen LogP contribution in [0.2, 0.25) is 0 Å². The molecule has 2 nitrogen and oxygen atoms in total. The molecular formula is C17H19FN2S. The number of nitrogens with two attached hydrogens (primary N) is 1. The molecule has 2 rings (SSSR count). The third-order valence-corrected chi connectivity index (χ3v) is 3.54. The quantitative estimate of drug-likeness (QED) is 0.802. The predicted octanol–water partition coefficient (Wildman–Crippen LogP) is 4.40. The van der Waals surface area contributed by atoms with E-state index in [9.17, 15) is 4.39 Å². The molecular weight excluding hydrogens is 283 g/mol. The average Bonchev–Trinajstić information content (AvgIpc) is 2.49. The summed E-state index contributed by atoms with van der Waals surface area (Å²) in [5.41, 5.74) is 8.24. The smallest absolute Gasteiger partial charge is 0.124 e. The Morgan fingerprint density at radius 3 is 2.52 bits per heavy atom. The van der Waals surface area contributed by atoms with Crippen LogP contribution in [0.4, 0.5) is 15.8 Å². The number of anilines is 2. The molecule has 0 saturated heterocycles. The molecule has 0 amide bonds. The van der Waals surface area contributed by atoms with E-state index in [1.54, 1.807) is 6.07 Å². The zero-order valence-electron chi connectivity index (χ0n) is 12.1. The second-order valence-electron chi connectivity index (χ2n) is 4.87. The molecule has 0 aliphatic rings. The van der Waals surface area contributed by atoms with Crippen molar-refractivity contribution < 1.29 is 4.39 Å². The molecule has 2 aromatic rings. The average molecular weight is 302 g/mol. The monoisotopic (exact) mass is 302 g/mol. The Hall–Kier alpha value is -1.94. The fraction of sp³-hybridized carbons (Fsp3) is 0.235. The van der Waals surface area contributed by atoms with E-state index < -0.39 is 0 Å². The normalized spacial score (nSPS) is 10.4. The van der Waals surface area contributed by atoms with Crippen LogP contribution in [0.5, 0.6) is 0 Å². The third-order valence-electron chi connectivity index (χ3n) is 3.32. The summed E-state index contributed by atoms with van der Waals surface area (Å²) in [5, 5.41) is 0. The molecule has 0 heterocycles. The zero-order chi connectivity index (χ0) is 15.2. The van der Waals surface area contributed by atoms with Gasteiger partial charge in [-0.25, -0.2) is 4.39 Å². The highest BCUT2D eigenvalue weighted by Gasteiger charge is 2.15. The number of hydrogen-bond acceptors (Lipinski definition) is 2. The predicted molar refractivity (Wildman–Crippen MR) is 90.6 cm³/mol. The molecule has 0 spiro atoms. The van der Waals surface area contributed by atoms with E-state index in [0.717, 1.165) is 30.8 Å². The van der Waals surface area contributed by atoms with Crippen molar-refractivity contribution >= 4 is 28.6 Å². The minimum Gasteiger partial charge on any atom is -0.389 e. The van der Waals surface area contributed by atoms with E-state index in [-0.39, 0.29) is 10.8 Å². The van der Waals surface area contributed by atoms with Crippen molar-refractivity contribution in [3.8, 4) is 0 Å². The van der Waals surface area contributed by atoms with Gasteiger partial charge >= 0.3 is 0 Å². The first kappa shape index (κ1) is 15.4. The maximum absolute atomic E-state index is 13.5. The van der Waals surface area contributed by atoms with Crippen molar-refractivity contribution in [1.82, 2.24) is 0 Å². The summed E-state index contributed by atoms with van der Waals surface area (Å²) in [7, 11) is 0. The van der Waals surface area contributed by atoms with E-state index in [1.807, 2.05) is 30.3 Å². The van der Waals surface area contributed by atoms with Crippen molar-refractivity contribution in [1.29, 1.82) is 0 Å². The maximum Gasteiger partial charge on any atom is 0.124 e. The van der Waals surface area contributed by atoms with E-state index in [1.165, 1.54) is 12.1 Å². The van der Waals surface area contributed by atoms with Gasteiger partial charge in [-0.2, -0.15) is 0 Å². The number of halogens is 1. The van der Waals surface area contributed by atoms with Gasteiger partial charge in [-0.05, 0) is 36.8 Å². The van der Waals surface area contributed by atoms with Gasteiger partial charge in [0.2, 0.25) is 0 Å². The first-order valence-electron chi connectivity index (χ1n) is 7.05. The summed E-state index contributed by atoms with van der Waals surface area (Å²) < 4.78 is 13.5. The van der Waals surface area contributed by atoms with Crippen molar-refractivity contribution in [3.63, 3.8) is 0 Å². The molecule has 4 heteroatoms. The lowest BCUT2D eigenvalue weighted by Crippen LogP contribution is -2.23. The van der Waals surface area contributed by atoms with Crippen LogP contribution in [0, 0.1) is 5.82 Å². The van der Waals surface area contributed by atoms with Gasteiger partial charge in [-0.3, -0.25) is 0 Å². The fourth-order valence-corrected chi connectivity index (χ4v) is 2.42. The van der Waals surface area contributed by atoms with Crippen molar-refractivity contribution in [3.05, 3.63) is 59.9 Å². The van der Waals surface area contributed by atoms with Gasteiger partial charge in [0.05, 0.1) is 5.69 Å². The summed E-state index contributed by atoms with van der Waals surface area (Å²) in [5.74, 6) is -0.329. The van der Waals surface area contributed by atoms with Crippen molar-refractivity contribution in [2.24, 2.45) is 5.73 Å². The van der Waals surface area contributed by atoms with Gasteiger partial charge in [-0.1, -0.05) is 43.8 Å². The molecule has 0 bridgehead atoms. The highest BCUT2D eigenvalue weighted by Crippen LogP contribution is 2.29. The number of benzene rings is 2. The van der Waals surface area contributed by atoms with Crippen LogP contribution in [0.3, 0.4) is 0 Å². The maximum atomic E-state index is 13.5. The second kappa shape index (κ2) is 7.18. The van der Waals surface area contributed by atoms with Crippen LogP contribution in [-0.4, -0.2) is 11.5 Å². The molecule has 2 N–H and O–H groups in total. The third kappa shape index (κ3) is 3.79. The van der Waals surface area contributed by atoms with Gasteiger partial charge in [0.25, 0.3) is 0 Å². The Balaban J connectivity index is 2.48. The van der Waals surface area contributed by atoms with Gasteiger partial charge in [-0.15, -0.1) is 0 Å². The zero-order valence-corrected chi connectivity index (χ0v) is 12.9. The van der Waals surface area contributed by atoms with E-state index >= 15 is 0 Å². The molecule has 0 aromatic heterocycles. The fourth-order valence-electron chi connectivity index (χ4n) is 2.25. The second-order valence-corrected chi connectivity index (χ2v) is 5.31. The first-order chi connectivity index (χ1) is 10.1. The minimum absolute atomic E-state index is 0.210. The number of rotatable bonds is 6. The van der Waals surface area contributed by atoms with Gasteiger partial charge in [0.15, 0.2) is 0 Å². The number of unbranched alkanes of at least 4 members (excludes halogenated alkanes) is 1. The van der Waals surface area contributed by atoms with Crippen LogP contribution in [0.15, 0.2) is 48.5 Å². The Morgan fingerprint density at radius 1 is 1.19 bits per heavy atom. The Bertz CT molecular complexity index is 613. The summed E-state index contributed by atoms with van der Waals surface area (Å²) in [6.45, 7) is 2.98. The Labute approximate surface area is 130 Å². The van der Waals surface area contributed by atoms with Crippen LogP contribution >= 0.6 is 12.2 Å². The number of nitrogens with zero attached hydrogens (tertiary/aromatic N) is 1. The minimum atomic E-state index is -0.329. The van der Waals surface area contributed by atoms with E-state index in [2.05, 4.69) is 11.8 Å². The molecule has 0 atom stereocenters. The van der Waals surface area contributed by atoms with Gasteiger partial charge < -0.3 is 10.6 Å². The Morgan fingerprint density at radius 2 is 1.90 bits per heavy atom. The summed E-state index contributed by atoms with van der Waals surface area (Å²) >= 11 is 5.08. The highest BCUT2D eigenvalue weighted by molar-refractivity contribution is 7.80. The largest absolute Gasteiger partial charge is 0.389 e. The lowest BCUT2D eigenvalue weighted by atomic mass is 10.1. The highest BCUT2D eigenvalue weighted by atomic mass is 32.1. The SMILES string of the molecule is CCCCN(c1ccccc1)c1ccc(F)cc1C(N)=S. The summed E-state index contributed by atoms with van der Waals surface area (Å²) in [6.07, 6.45) is 2.11. The van der Waals surface area contributed by atoms with Crippen molar-refractivity contribution in [2.75, 3.05) is 11.4 Å². The molecule has 0 aliphatic heterocycles. The molecule has 0 aliphatic carbocycles. The van der Waals surface area contributed by atoms with E-state index in [0.29, 0.717) is 5.56 Å². The molecule has 0 radical (unpaired) electrons. The summed E-state index contributed by atoms with van der Waals surface area (Å²) in [4.78, 5) is 2.35. The molecule has 21 heavy (non-hydrogen) atoms. The van der Waals surface area contributed by atoms with Gasteiger partial charge in [0.1, 0.15) is 10.8 Å². The first-order valence-corrected chi connectivity index (χ1v) is 7.46. The number of hydrogen-bond donors (Lipinski definition) is 1. The van der Waals surface area contributed by atoms with Crippen molar-refractivity contribution in [2.45, 2.75) is 19.8 Å². The van der Waals surface area contributed by atoms with Crippen LogP contribution in [-0.2, 0) is 0 Å². The lowest BCUT2D eigenvalue weighted by molar-refractivity contribution is 0.627. The lowest BCUT2D eigenvalue weighted by Gasteiger charge is -2.27. The van der Waals surface area contributed by atoms with Gasteiger partial charge in [0, 0.05) is 17.8 Å². The molecule has 0 fully saturated rings. The molecule has 2 aromatic carbocycles. The molecule has 0 saturated carbocycles.